The Balaban J connectivity index is 1.67. The first-order valence-electron chi connectivity index (χ1n) is 7.75. The van der Waals surface area contributed by atoms with E-state index in [-0.39, 0.29) is 5.91 Å². The van der Waals surface area contributed by atoms with Crippen LogP contribution < -0.4 is 5.32 Å². The quantitative estimate of drug-likeness (QED) is 0.798. The van der Waals surface area contributed by atoms with Gasteiger partial charge in [-0.2, -0.15) is 5.10 Å². The standard InChI is InChI=1S/C17H24N4O/c1-13-14(2)20-21(15(13)3)12-9-17(22)19-11-6-8-16-7-4-5-10-18-16/h4-5,7,10H,6,8-9,11-12H2,1-3H3,(H,19,22). The number of amides is 1. The van der Waals surface area contributed by atoms with Crippen LogP contribution in [0.1, 0.15) is 35.5 Å². The molecule has 0 aromatic carbocycles. The lowest BCUT2D eigenvalue weighted by atomic mass is 10.2. The van der Waals surface area contributed by atoms with Crippen molar-refractivity contribution in [1.82, 2.24) is 20.1 Å². The van der Waals surface area contributed by atoms with Crippen LogP contribution in [0.4, 0.5) is 0 Å². The van der Waals surface area contributed by atoms with Crippen molar-refractivity contribution < 1.29 is 4.79 Å². The predicted molar refractivity (Wildman–Crippen MR) is 86.6 cm³/mol. The van der Waals surface area contributed by atoms with Crippen molar-refractivity contribution in [3.63, 3.8) is 0 Å². The maximum absolute atomic E-state index is 11.9. The van der Waals surface area contributed by atoms with E-state index in [1.165, 1.54) is 5.56 Å². The third-order valence-corrected chi connectivity index (χ3v) is 3.95. The number of aromatic nitrogens is 3. The smallest absolute Gasteiger partial charge is 0.221 e. The molecule has 118 valence electrons. The molecule has 0 atom stereocenters. The lowest BCUT2D eigenvalue weighted by Gasteiger charge is -2.07. The summed E-state index contributed by atoms with van der Waals surface area (Å²) in [6.07, 6.45) is 4.05. The van der Waals surface area contributed by atoms with Gasteiger partial charge in [0.15, 0.2) is 0 Å². The third kappa shape index (κ3) is 4.41. The fraction of sp³-hybridized carbons (Fsp3) is 0.471. The Hall–Kier alpha value is -2.17. The molecule has 0 bridgehead atoms. The van der Waals surface area contributed by atoms with Crippen LogP contribution in [0, 0.1) is 20.8 Å². The Morgan fingerprint density at radius 1 is 1.27 bits per heavy atom. The molecule has 5 heteroatoms. The Labute approximate surface area is 131 Å². The zero-order valence-electron chi connectivity index (χ0n) is 13.6. The van der Waals surface area contributed by atoms with Crippen LogP contribution in [0.25, 0.3) is 0 Å². The van der Waals surface area contributed by atoms with Gasteiger partial charge in [-0.3, -0.25) is 14.5 Å². The molecule has 22 heavy (non-hydrogen) atoms. The second-order valence-electron chi connectivity index (χ2n) is 5.54. The summed E-state index contributed by atoms with van der Waals surface area (Å²) >= 11 is 0. The highest BCUT2D eigenvalue weighted by Crippen LogP contribution is 2.11. The van der Waals surface area contributed by atoms with Gasteiger partial charge in [-0.05, 0) is 51.3 Å². The Morgan fingerprint density at radius 3 is 2.73 bits per heavy atom. The molecule has 0 spiro atoms. The molecule has 0 aliphatic carbocycles. The van der Waals surface area contributed by atoms with Crippen molar-refractivity contribution in [3.8, 4) is 0 Å². The van der Waals surface area contributed by atoms with Crippen LogP contribution in [-0.2, 0) is 17.8 Å². The number of nitrogens with zero attached hydrogens (tertiary/aromatic N) is 3. The first-order chi connectivity index (χ1) is 10.6. The van der Waals surface area contributed by atoms with Gasteiger partial charge in [-0.15, -0.1) is 0 Å². The Bertz CT molecular complexity index is 619. The fourth-order valence-electron chi connectivity index (χ4n) is 2.34. The molecule has 2 aromatic heterocycles. The highest BCUT2D eigenvalue weighted by molar-refractivity contribution is 5.75. The predicted octanol–water partition coefficient (Wildman–Crippen LogP) is 2.34. The number of carbonyl (C=O) groups excluding carboxylic acids is 1. The molecule has 0 aliphatic rings. The average molecular weight is 300 g/mol. The van der Waals surface area contributed by atoms with Gasteiger partial charge in [0.1, 0.15) is 0 Å². The first kappa shape index (κ1) is 16.2. The van der Waals surface area contributed by atoms with Crippen molar-refractivity contribution in [3.05, 3.63) is 47.0 Å². The zero-order chi connectivity index (χ0) is 15.9. The number of carbonyl (C=O) groups is 1. The van der Waals surface area contributed by atoms with Gasteiger partial charge >= 0.3 is 0 Å². The van der Waals surface area contributed by atoms with Crippen molar-refractivity contribution in [2.24, 2.45) is 0 Å². The summed E-state index contributed by atoms with van der Waals surface area (Å²) in [5.74, 6) is 0.0752. The van der Waals surface area contributed by atoms with Gasteiger partial charge in [0.25, 0.3) is 0 Å². The lowest BCUT2D eigenvalue weighted by Crippen LogP contribution is -2.26. The lowest BCUT2D eigenvalue weighted by molar-refractivity contribution is -0.121. The SMILES string of the molecule is Cc1nn(CCC(=O)NCCCc2ccccn2)c(C)c1C. The van der Waals surface area contributed by atoms with Gasteiger partial charge in [-0.1, -0.05) is 6.07 Å². The van der Waals surface area contributed by atoms with Crippen molar-refractivity contribution in [1.29, 1.82) is 0 Å². The Kier molecular flexibility index (Phi) is 5.69. The van der Waals surface area contributed by atoms with E-state index in [0.717, 1.165) is 29.9 Å². The van der Waals surface area contributed by atoms with Gasteiger partial charge in [0.05, 0.1) is 5.69 Å². The van der Waals surface area contributed by atoms with Crippen molar-refractivity contribution in [2.45, 2.75) is 46.6 Å². The fourth-order valence-corrected chi connectivity index (χ4v) is 2.34. The maximum atomic E-state index is 11.9. The summed E-state index contributed by atoms with van der Waals surface area (Å²) in [7, 11) is 0. The Morgan fingerprint density at radius 2 is 2.09 bits per heavy atom. The van der Waals surface area contributed by atoms with E-state index in [9.17, 15) is 4.79 Å². The minimum atomic E-state index is 0.0752. The number of pyridine rings is 1. The molecule has 2 rings (SSSR count). The van der Waals surface area contributed by atoms with Crippen molar-refractivity contribution in [2.75, 3.05) is 6.54 Å². The molecule has 2 aromatic rings. The van der Waals surface area contributed by atoms with Crippen LogP contribution in [-0.4, -0.2) is 27.2 Å². The van der Waals surface area contributed by atoms with Gasteiger partial charge in [-0.25, -0.2) is 0 Å². The highest BCUT2D eigenvalue weighted by Gasteiger charge is 2.08. The van der Waals surface area contributed by atoms with E-state index >= 15 is 0 Å². The molecule has 2 heterocycles. The van der Waals surface area contributed by atoms with Gasteiger partial charge in [0, 0.05) is 37.1 Å². The molecular formula is C17H24N4O. The molecule has 1 amide bonds. The van der Waals surface area contributed by atoms with Gasteiger partial charge in [0.2, 0.25) is 5.91 Å². The number of hydrogen-bond donors (Lipinski definition) is 1. The van der Waals surface area contributed by atoms with E-state index in [2.05, 4.69) is 22.3 Å². The van der Waals surface area contributed by atoms with Crippen LogP contribution in [0.15, 0.2) is 24.4 Å². The largest absolute Gasteiger partial charge is 0.356 e. The number of aryl methyl sites for hydroxylation is 3. The average Bonchev–Trinajstić information content (AvgIpc) is 2.78. The summed E-state index contributed by atoms with van der Waals surface area (Å²) in [6, 6.07) is 5.90. The summed E-state index contributed by atoms with van der Waals surface area (Å²) < 4.78 is 1.91. The molecule has 1 N–H and O–H groups in total. The molecule has 0 saturated carbocycles. The molecule has 0 radical (unpaired) electrons. The molecule has 0 unspecified atom stereocenters. The molecular weight excluding hydrogens is 276 g/mol. The number of hydrogen-bond acceptors (Lipinski definition) is 3. The summed E-state index contributed by atoms with van der Waals surface area (Å²) in [6.45, 7) is 7.42. The van der Waals surface area contributed by atoms with E-state index in [0.29, 0.717) is 19.5 Å². The van der Waals surface area contributed by atoms with Gasteiger partial charge < -0.3 is 5.32 Å². The maximum Gasteiger partial charge on any atom is 0.221 e. The number of nitrogens with one attached hydrogen (secondary N) is 1. The molecule has 0 saturated heterocycles. The van der Waals surface area contributed by atoms with E-state index in [1.807, 2.05) is 36.7 Å². The summed E-state index contributed by atoms with van der Waals surface area (Å²) in [4.78, 5) is 16.1. The second kappa shape index (κ2) is 7.73. The van der Waals surface area contributed by atoms with Crippen LogP contribution in [0.2, 0.25) is 0 Å². The minimum absolute atomic E-state index is 0.0752. The first-order valence-corrected chi connectivity index (χ1v) is 7.75. The zero-order valence-corrected chi connectivity index (χ0v) is 13.6. The van der Waals surface area contributed by atoms with E-state index < -0.39 is 0 Å². The van der Waals surface area contributed by atoms with E-state index in [1.54, 1.807) is 6.20 Å². The van der Waals surface area contributed by atoms with Crippen LogP contribution in [0.3, 0.4) is 0 Å². The van der Waals surface area contributed by atoms with Crippen molar-refractivity contribution >= 4 is 5.91 Å². The molecule has 0 fully saturated rings. The monoisotopic (exact) mass is 300 g/mol. The second-order valence-corrected chi connectivity index (χ2v) is 5.54. The third-order valence-electron chi connectivity index (χ3n) is 3.95. The normalized spacial score (nSPS) is 10.7. The highest BCUT2D eigenvalue weighted by atomic mass is 16.1. The topological polar surface area (TPSA) is 59.8 Å². The van der Waals surface area contributed by atoms with Crippen LogP contribution in [0.5, 0.6) is 0 Å². The van der Waals surface area contributed by atoms with Crippen LogP contribution >= 0.6 is 0 Å². The molecule has 5 nitrogen and oxygen atoms in total. The van der Waals surface area contributed by atoms with E-state index in [4.69, 9.17) is 0 Å². The molecule has 0 aliphatic heterocycles. The summed E-state index contributed by atoms with van der Waals surface area (Å²) in [5.41, 5.74) is 4.44. The summed E-state index contributed by atoms with van der Waals surface area (Å²) in [5, 5.41) is 7.40. The minimum Gasteiger partial charge on any atom is -0.356 e. The number of rotatable bonds is 7.